The maximum Gasteiger partial charge on any atom is 0.164 e. The highest BCUT2D eigenvalue weighted by Gasteiger charge is 2.38. The Morgan fingerprint density at radius 1 is 1.20 bits per heavy atom. The van der Waals surface area contributed by atoms with Crippen LogP contribution in [-0.2, 0) is 5.41 Å². The van der Waals surface area contributed by atoms with E-state index in [4.69, 9.17) is 15.2 Å². The van der Waals surface area contributed by atoms with E-state index in [-0.39, 0.29) is 5.41 Å². The largest absolute Gasteiger partial charge is 0.490 e. The Kier molecular flexibility index (Phi) is 3.95. The van der Waals surface area contributed by atoms with Crippen LogP contribution in [0.1, 0.15) is 43.2 Å². The van der Waals surface area contributed by atoms with E-state index in [9.17, 15) is 0 Å². The van der Waals surface area contributed by atoms with Gasteiger partial charge in [-0.2, -0.15) is 0 Å². The third-order valence-electron chi connectivity index (χ3n) is 4.71. The maximum absolute atomic E-state index is 6.15. The van der Waals surface area contributed by atoms with Crippen LogP contribution in [-0.4, -0.2) is 19.8 Å². The van der Waals surface area contributed by atoms with E-state index in [0.29, 0.717) is 6.54 Å². The molecule has 4 heteroatoms. The molecule has 0 unspecified atom stereocenters. The molecule has 0 saturated heterocycles. The van der Waals surface area contributed by atoms with Crippen LogP contribution in [0.15, 0.2) is 10.5 Å². The number of hydrogen-bond acceptors (Lipinski definition) is 3. The van der Waals surface area contributed by atoms with Gasteiger partial charge in [-0.15, -0.1) is 0 Å². The maximum atomic E-state index is 6.15. The van der Waals surface area contributed by atoms with Crippen LogP contribution in [0, 0.1) is 6.92 Å². The van der Waals surface area contributed by atoms with E-state index in [0.717, 1.165) is 35.6 Å². The summed E-state index contributed by atoms with van der Waals surface area (Å²) in [6.07, 6.45) is 5.79. The van der Waals surface area contributed by atoms with Crippen molar-refractivity contribution in [2.75, 3.05) is 19.8 Å². The van der Waals surface area contributed by atoms with Crippen LogP contribution < -0.4 is 15.2 Å². The first kappa shape index (κ1) is 14.2. The lowest BCUT2D eigenvalue weighted by Crippen LogP contribution is -2.33. The molecule has 2 aliphatic rings. The van der Waals surface area contributed by atoms with Crippen molar-refractivity contribution in [2.24, 2.45) is 5.73 Å². The highest BCUT2D eigenvalue weighted by Crippen LogP contribution is 2.49. The van der Waals surface area contributed by atoms with Crippen molar-refractivity contribution < 1.29 is 9.47 Å². The van der Waals surface area contributed by atoms with E-state index in [1.165, 1.54) is 36.8 Å². The molecule has 1 aromatic rings. The molecule has 1 fully saturated rings. The Balaban J connectivity index is 2.14. The molecule has 3 rings (SSSR count). The second kappa shape index (κ2) is 5.57. The standard InChI is InChI=1S/C16H22BrNO2/c1-11-14(16(10-18)5-2-3-6-16)12(17)9-13-15(11)20-8-4-7-19-13/h9H,2-8,10,18H2,1H3. The lowest BCUT2D eigenvalue weighted by atomic mass is 9.76. The predicted molar refractivity (Wildman–Crippen MR) is 83.7 cm³/mol. The summed E-state index contributed by atoms with van der Waals surface area (Å²) < 4.78 is 12.9. The number of ether oxygens (including phenoxy) is 2. The van der Waals surface area contributed by atoms with Gasteiger partial charge in [-0.25, -0.2) is 0 Å². The van der Waals surface area contributed by atoms with Crippen molar-refractivity contribution in [3.05, 3.63) is 21.7 Å². The molecule has 0 radical (unpaired) electrons. The fraction of sp³-hybridized carbons (Fsp3) is 0.625. The molecular weight excluding hydrogens is 318 g/mol. The molecule has 1 aromatic carbocycles. The first-order valence-electron chi connectivity index (χ1n) is 7.47. The number of hydrogen-bond donors (Lipinski definition) is 1. The normalized spacial score (nSPS) is 20.8. The van der Waals surface area contributed by atoms with Crippen LogP contribution in [0.2, 0.25) is 0 Å². The number of halogens is 1. The molecular formula is C16H22BrNO2. The Morgan fingerprint density at radius 2 is 1.90 bits per heavy atom. The molecule has 0 amide bonds. The number of benzene rings is 1. The Morgan fingerprint density at radius 3 is 2.60 bits per heavy atom. The first-order chi connectivity index (χ1) is 9.68. The van der Waals surface area contributed by atoms with Crippen LogP contribution in [0.5, 0.6) is 11.5 Å². The Labute approximate surface area is 129 Å². The van der Waals surface area contributed by atoms with Gasteiger partial charge in [-0.1, -0.05) is 28.8 Å². The van der Waals surface area contributed by atoms with Gasteiger partial charge in [0.05, 0.1) is 13.2 Å². The van der Waals surface area contributed by atoms with Gasteiger partial charge in [0.25, 0.3) is 0 Å². The molecule has 3 nitrogen and oxygen atoms in total. The van der Waals surface area contributed by atoms with Gasteiger partial charge < -0.3 is 15.2 Å². The molecule has 0 bridgehead atoms. The quantitative estimate of drug-likeness (QED) is 0.893. The van der Waals surface area contributed by atoms with Gasteiger partial charge >= 0.3 is 0 Å². The summed E-state index contributed by atoms with van der Waals surface area (Å²) >= 11 is 3.75. The summed E-state index contributed by atoms with van der Waals surface area (Å²) in [6.45, 7) is 4.29. The predicted octanol–water partition coefficient (Wildman–Crippen LogP) is 3.69. The highest BCUT2D eigenvalue weighted by molar-refractivity contribution is 9.10. The van der Waals surface area contributed by atoms with Gasteiger partial charge in [0.15, 0.2) is 11.5 Å². The fourth-order valence-corrected chi connectivity index (χ4v) is 4.62. The molecule has 1 saturated carbocycles. The summed E-state index contributed by atoms with van der Waals surface area (Å²) in [7, 11) is 0. The van der Waals surface area contributed by atoms with E-state index >= 15 is 0 Å². The third-order valence-corrected chi connectivity index (χ3v) is 5.34. The van der Waals surface area contributed by atoms with Crippen molar-refractivity contribution in [2.45, 2.75) is 44.4 Å². The monoisotopic (exact) mass is 339 g/mol. The fourth-order valence-electron chi connectivity index (χ4n) is 3.69. The summed E-state index contributed by atoms with van der Waals surface area (Å²) in [5.74, 6) is 1.78. The number of nitrogens with two attached hydrogens (primary N) is 1. The molecule has 1 aliphatic heterocycles. The molecule has 2 N–H and O–H groups in total. The summed E-state index contributed by atoms with van der Waals surface area (Å²) in [5, 5.41) is 0. The molecule has 0 aromatic heterocycles. The average molecular weight is 340 g/mol. The topological polar surface area (TPSA) is 44.5 Å². The minimum atomic E-state index is 0.105. The van der Waals surface area contributed by atoms with Crippen molar-refractivity contribution >= 4 is 15.9 Å². The SMILES string of the molecule is Cc1c2c(cc(Br)c1C1(CN)CCCC1)OCCCO2. The average Bonchev–Trinajstić information content (AvgIpc) is 2.79. The first-order valence-corrected chi connectivity index (χ1v) is 8.26. The van der Waals surface area contributed by atoms with Crippen LogP contribution >= 0.6 is 15.9 Å². The van der Waals surface area contributed by atoms with E-state index in [1.54, 1.807) is 0 Å². The van der Waals surface area contributed by atoms with Gasteiger partial charge in [-0.05, 0) is 37.0 Å². The van der Waals surface area contributed by atoms with Crippen LogP contribution in [0.4, 0.5) is 0 Å². The molecule has 110 valence electrons. The van der Waals surface area contributed by atoms with Gasteiger partial charge in [-0.3, -0.25) is 0 Å². The van der Waals surface area contributed by atoms with Gasteiger partial charge in [0.2, 0.25) is 0 Å². The minimum absolute atomic E-state index is 0.105. The molecule has 0 atom stereocenters. The number of rotatable bonds is 2. The summed E-state index contributed by atoms with van der Waals surface area (Å²) in [6, 6.07) is 2.07. The Bertz CT molecular complexity index is 510. The second-order valence-corrected chi connectivity index (χ2v) is 6.78. The van der Waals surface area contributed by atoms with Gasteiger partial charge in [0.1, 0.15) is 0 Å². The van der Waals surface area contributed by atoms with Crippen molar-refractivity contribution in [3.8, 4) is 11.5 Å². The lowest BCUT2D eigenvalue weighted by molar-refractivity contribution is 0.296. The third kappa shape index (κ3) is 2.23. The highest BCUT2D eigenvalue weighted by atomic mass is 79.9. The van der Waals surface area contributed by atoms with Crippen LogP contribution in [0.25, 0.3) is 0 Å². The molecule has 0 spiro atoms. The lowest BCUT2D eigenvalue weighted by Gasteiger charge is -2.32. The van der Waals surface area contributed by atoms with E-state index in [2.05, 4.69) is 28.9 Å². The smallest absolute Gasteiger partial charge is 0.164 e. The van der Waals surface area contributed by atoms with Crippen molar-refractivity contribution in [3.63, 3.8) is 0 Å². The zero-order valence-corrected chi connectivity index (χ0v) is 13.6. The van der Waals surface area contributed by atoms with Crippen molar-refractivity contribution in [1.29, 1.82) is 0 Å². The van der Waals surface area contributed by atoms with Crippen LogP contribution in [0.3, 0.4) is 0 Å². The molecule has 20 heavy (non-hydrogen) atoms. The zero-order valence-electron chi connectivity index (χ0n) is 12.0. The van der Waals surface area contributed by atoms with Crippen molar-refractivity contribution in [1.82, 2.24) is 0 Å². The van der Waals surface area contributed by atoms with E-state index in [1.807, 2.05) is 0 Å². The zero-order chi connectivity index (χ0) is 14.2. The van der Waals surface area contributed by atoms with E-state index < -0.39 is 0 Å². The molecule has 1 aliphatic carbocycles. The summed E-state index contributed by atoms with van der Waals surface area (Å²) in [4.78, 5) is 0. The molecule has 1 heterocycles. The number of fused-ring (bicyclic) bond motifs is 1. The second-order valence-electron chi connectivity index (χ2n) is 5.93. The van der Waals surface area contributed by atoms with Gasteiger partial charge in [0, 0.05) is 22.9 Å². The Hall–Kier alpha value is -0.740. The summed E-state index contributed by atoms with van der Waals surface area (Å²) in [5.41, 5.74) is 8.79. The minimum Gasteiger partial charge on any atom is -0.490 e.